The molecule has 0 bridgehead atoms. The van der Waals surface area contributed by atoms with Crippen LogP contribution in [0.5, 0.6) is 5.75 Å². The molecule has 3 rings (SSSR count). The number of alkyl halides is 3. The van der Waals surface area contributed by atoms with Crippen molar-refractivity contribution in [3.8, 4) is 17.1 Å². The van der Waals surface area contributed by atoms with Crippen LogP contribution in [0, 0.1) is 0 Å². The number of hydrogen-bond donors (Lipinski definition) is 0. The van der Waals surface area contributed by atoms with Gasteiger partial charge in [-0.15, -0.1) is 0 Å². The Bertz CT molecular complexity index is 891. The molecule has 0 saturated heterocycles. The van der Waals surface area contributed by atoms with E-state index in [0.29, 0.717) is 17.6 Å². The highest BCUT2D eigenvalue weighted by molar-refractivity contribution is 5.75. The van der Waals surface area contributed by atoms with Crippen molar-refractivity contribution in [2.75, 3.05) is 0 Å². The van der Waals surface area contributed by atoms with Gasteiger partial charge in [-0.2, -0.15) is 18.2 Å². The number of hydrogen-bond acceptors (Lipinski definition) is 5. The van der Waals surface area contributed by atoms with Crippen LogP contribution in [0.3, 0.4) is 0 Å². The molecule has 3 aromatic rings. The lowest BCUT2D eigenvalue weighted by atomic mass is 10.1. The van der Waals surface area contributed by atoms with E-state index in [1.807, 2.05) is 0 Å². The highest BCUT2D eigenvalue weighted by atomic mass is 19.4. The molecule has 128 valence electrons. The first-order valence-corrected chi connectivity index (χ1v) is 7.14. The molecule has 0 radical (unpaired) electrons. The highest BCUT2D eigenvalue weighted by Gasteiger charge is 2.30. The quantitative estimate of drug-likeness (QED) is 0.648. The topological polar surface area (TPSA) is 65.2 Å². The molecule has 5 nitrogen and oxygen atoms in total. The SMILES string of the molecule is O=Cc1cccc(OCc2nc(-c3cccc(C(F)(F)F)c3)no2)c1. The van der Waals surface area contributed by atoms with Crippen LogP contribution in [0.2, 0.25) is 0 Å². The normalized spacial score (nSPS) is 11.3. The van der Waals surface area contributed by atoms with Gasteiger partial charge in [0.05, 0.1) is 5.56 Å². The van der Waals surface area contributed by atoms with Gasteiger partial charge in [-0.1, -0.05) is 29.4 Å². The maximum absolute atomic E-state index is 12.8. The van der Waals surface area contributed by atoms with Crippen LogP contribution in [0.1, 0.15) is 21.8 Å². The van der Waals surface area contributed by atoms with Crippen molar-refractivity contribution < 1.29 is 27.2 Å². The molecular formula is C17H11F3N2O3. The first kappa shape index (κ1) is 16.7. The maximum Gasteiger partial charge on any atom is 0.416 e. The van der Waals surface area contributed by atoms with E-state index >= 15 is 0 Å². The fourth-order valence-corrected chi connectivity index (χ4v) is 2.09. The van der Waals surface area contributed by atoms with Crippen molar-refractivity contribution in [2.45, 2.75) is 12.8 Å². The number of aromatic nitrogens is 2. The summed E-state index contributed by atoms with van der Waals surface area (Å²) in [6.07, 6.45) is -3.76. The molecule has 0 atom stereocenters. The van der Waals surface area contributed by atoms with Crippen molar-refractivity contribution in [1.29, 1.82) is 0 Å². The third-order valence-corrected chi connectivity index (χ3v) is 3.27. The first-order chi connectivity index (χ1) is 12.0. The summed E-state index contributed by atoms with van der Waals surface area (Å²) >= 11 is 0. The van der Waals surface area contributed by atoms with Gasteiger partial charge >= 0.3 is 6.18 Å². The van der Waals surface area contributed by atoms with Gasteiger partial charge in [0.2, 0.25) is 5.82 Å². The van der Waals surface area contributed by atoms with E-state index in [0.717, 1.165) is 12.1 Å². The van der Waals surface area contributed by atoms with Gasteiger partial charge in [0.25, 0.3) is 5.89 Å². The summed E-state index contributed by atoms with van der Waals surface area (Å²) in [7, 11) is 0. The lowest BCUT2D eigenvalue weighted by Gasteiger charge is -2.06. The van der Waals surface area contributed by atoms with Crippen molar-refractivity contribution in [3.05, 3.63) is 65.5 Å². The van der Waals surface area contributed by atoms with E-state index in [4.69, 9.17) is 9.26 Å². The standard InChI is InChI=1S/C17H11F3N2O3/c18-17(19,20)13-5-2-4-12(8-13)16-21-15(25-22-16)10-24-14-6-1-3-11(7-14)9-23/h1-9H,10H2. The summed E-state index contributed by atoms with van der Waals surface area (Å²) < 4.78 is 48.7. The molecule has 0 aliphatic rings. The third kappa shape index (κ3) is 4.03. The number of aldehydes is 1. The highest BCUT2D eigenvalue weighted by Crippen LogP contribution is 2.31. The molecule has 8 heteroatoms. The number of halogens is 3. The average Bonchev–Trinajstić information content (AvgIpc) is 3.09. The van der Waals surface area contributed by atoms with Gasteiger partial charge in [-0.25, -0.2) is 0 Å². The minimum atomic E-state index is -4.45. The van der Waals surface area contributed by atoms with Gasteiger partial charge in [0.15, 0.2) is 6.61 Å². The minimum Gasteiger partial charge on any atom is -0.484 e. The zero-order valence-corrected chi connectivity index (χ0v) is 12.7. The zero-order chi connectivity index (χ0) is 17.9. The number of carbonyl (C=O) groups is 1. The molecule has 1 heterocycles. The van der Waals surface area contributed by atoms with Crippen LogP contribution in [0.4, 0.5) is 13.2 Å². The van der Waals surface area contributed by atoms with E-state index in [1.54, 1.807) is 18.2 Å². The first-order valence-electron chi connectivity index (χ1n) is 7.14. The van der Waals surface area contributed by atoms with Gasteiger partial charge in [0, 0.05) is 11.1 Å². The van der Waals surface area contributed by atoms with E-state index in [2.05, 4.69) is 10.1 Å². The molecule has 0 aliphatic carbocycles. The molecule has 0 saturated carbocycles. The Hall–Kier alpha value is -3.16. The van der Waals surface area contributed by atoms with Crippen LogP contribution in [-0.2, 0) is 12.8 Å². The second kappa shape index (κ2) is 6.76. The second-order valence-electron chi connectivity index (χ2n) is 5.07. The second-order valence-corrected chi connectivity index (χ2v) is 5.07. The molecule has 0 unspecified atom stereocenters. The van der Waals surface area contributed by atoms with Crippen LogP contribution in [0.25, 0.3) is 11.4 Å². The zero-order valence-electron chi connectivity index (χ0n) is 12.7. The van der Waals surface area contributed by atoms with Gasteiger partial charge in [-0.05, 0) is 24.3 Å². The summed E-state index contributed by atoms with van der Waals surface area (Å²) in [5, 5.41) is 3.67. The summed E-state index contributed by atoms with van der Waals surface area (Å²) in [6, 6.07) is 11.1. The molecule has 0 aliphatic heterocycles. The van der Waals surface area contributed by atoms with E-state index < -0.39 is 11.7 Å². The van der Waals surface area contributed by atoms with Crippen molar-refractivity contribution in [3.63, 3.8) is 0 Å². The Labute approximate surface area is 140 Å². The predicted octanol–water partition coefficient (Wildman–Crippen LogP) is 4.15. The fraction of sp³-hybridized carbons (Fsp3) is 0.118. The molecular weight excluding hydrogens is 337 g/mol. The number of carbonyl (C=O) groups excluding carboxylic acids is 1. The smallest absolute Gasteiger partial charge is 0.416 e. The van der Waals surface area contributed by atoms with Crippen LogP contribution < -0.4 is 4.74 Å². The predicted molar refractivity (Wildman–Crippen MR) is 80.9 cm³/mol. The molecule has 1 aromatic heterocycles. The Kier molecular flexibility index (Phi) is 4.51. The molecule has 2 aromatic carbocycles. The van der Waals surface area contributed by atoms with Gasteiger partial charge in [0.1, 0.15) is 12.0 Å². The number of ether oxygens (including phenoxy) is 1. The molecule has 25 heavy (non-hydrogen) atoms. The van der Waals surface area contributed by atoms with Crippen molar-refractivity contribution >= 4 is 6.29 Å². The maximum atomic E-state index is 12.8. The average molecular weight is 348 g/mol. The van der Waals surface area contributed by atoms with Crippen LogP contribution in [0.15, 0.2) is 53.1 Å². The summed E-state index contributed by atoms with van der Waals surface area (Å²) in [6.45, 7) is -0.0751. The largest absolute Gasteiger partial charge is 0.484 e. The molecule has 0 spiro atoms. The Morgan fingerprint density at radius 2 is 1.92 bits per heavy atom. The Morgan fingerprint density at radius 3 is 2.68 bits per heavy atom. The van der Waals surface area contributed by atoms with E-state index in [-0.39, 0.29) is 23.9 Å². The van der Waals surface area contributed by atoms with E-state index in [9.17, 15) is 18.0 Å². The minimum absolute atomic E-state index is 0.0337. The van der Waals surface area contributed by atoms with Crippen molar-refractivity contribution in [1.82, 2.24) is 10.1 Å². The third-order valence-electron chi connectivity index (χ3n) is 3.27. The lowest BCUT2D eigenvalue weighted by molar-refractivity contribution is -0.137. The summed E-state index contributed by atoms with van der Waals surface area (Å²) in [4.78, 5) is 14.7. The van der Waals surface area contributed by atoms with E-state index in [1.165, 1.54) is 18.2 Å². The van der Waals surface area contributed by atoms with Gasteiger partial charge in [-0.3, -0.25) is 4.79 Å². The Morgan fingerprint density at radius 1 is 1.12 bits per heavy atom. The number of nitrogens with zero attached hydrogens (tertiary/aromatic N) is 2. The van der Waals surface area contributed by atoms with Crippen molar-refractivity contribution in [2.24, 2.45) is 0 Å². The van der Waals surface area contributed by atoms with Crippen LogP contribution in [-0.4, -0.2) is 16.4 Å². The molecule has 0 amide bonds. The molecule has 0 N–H and O–H groups in total. The summed E-state index contributed by atoms with van der Waals surface area (Å²) in [5.74, 6) is 0.568. The Balaban J connectivity index is 1.73. The fourth-order valence-electron chi connectivity index (χ4n) is 2.09. The molecule has 0 fully saturated rings. The number of benzene rings is 2. The summed E-state index contributed by atoms with van der Waals surface area (Å²) in [5.41, 5.74) is -0.154. The van der Waals surface area contributed by atoms with Crippen LogP contribution >= 0.6 is 0 Å². The van der Waals surface area contributed by atoms with Gasteiger partial charge < -0.3 is 9.26 Å². The number of rotatable bonds is 5. The lowest BCUT2D eigenvalue weighted by Crippen LogP contribution is -2.04. The monoisotopic (exact) mass is 348 g/mol.